The Labute approximate surface area is 306 Å². The Balaban J connectivity index is 0.000000202. The standard InChI is InChI=1S/C22H28N2O3.C21H23NO3/c1-26-17-7-14-24-15-12-19(13-16-24)27-22(25)23-21-11-6-5-10-20(21)18-8-3-2-4-9-18;1-14-6-8-15(9-7-14)4-2-3-5-18(23)16-10-12-19(24)21-17(16)11-13-20(25)22-21/h2-6,8-11,19H,7,12-17H2,1H3,(H,23,25);6-13,18,23-24H,2-5H2,1H3,(H,22,25)/t;18-/m.0/s1. The van der Waals surface area contributed by atoms with Crippen LogP contribution in [0.4, 0.5) is 10.5 Å². The fourth-order valence-electron chi connectivity index (χ4n) is 6.56. The number of carbonyl (C=O) groups excluding carboxylic acids is 1. The maximum atomic E-state index is 12.4. The number of fused-ring (bicyclic) bond motifs is 1. The lowest BCUT2D eigenvalue weighted by molar-refractivity contribution is 0.0561. The van der Waals surface area contributed by atoms with Crippen LogP contribution in [0.15, 0.2) is 108 Å². The second-order valence-electron chi connectivity index (χ2n) is 13.4. The van der Waals surface area contributed by atoms with Gasteiger partial charge in [0.05, 0.1) is 17.3 Å². The fourth-order valence-corrected chi connectivity index (χ4v) is 6.56. The minimum Gasteiger partial charge on any atom is -0.506 e. The Morgan fingerprint density at radius 1 is 0.904 bits per heavy atom. The zero-order chi connectivity index (χ0) is 36.7. The zero-order valence-electron chi connectivity index (χ0n) is 30.2. The summed E-state index contributed by atoms with van der Waals surface area (Å²) in [6.45, 7) is 5.83. The number of unbranched alkanes of at least 4 members (excludes halogenated alkanes) is 1. The number of amides is 1. The molecule has 6 rings (SSSR count). The minimum atomic E-state index is -0.619. The van der Waals surface area contributed by atoms with Crippen molar-refractivity contribution in [2.75, 3.05) is 38.7 Å². The summed E-state index contributed by atoms with van der Waals surface area (Å²) in [6.07, 6.45) is 5.32. The third kappa shape index (κ3) is 11.3. The Morgan fingerprint density at radius 3 is 2.38 bits per heavy atom. The van der Waals surface area contributed by atoms with Crippen molar-refractivity contribution in [2.45, 2.75) is 64.1 Å². The summed E-state index contributed by atoms with van der Waals surface area (Å²) in [4.78, 5) is 28.9. The number of likely N-dealkylation sites (tertiary alicyclic amines) is 1. The van der Waals surface area contributed by atoms with Crippen molar-refractivity contribution in [3.63, 3.8) is 0 Å². The van der Waals surface area contributed by atoms with Crippen LogP contribution in [0.1, 0.15) is 61.3 Å². The molecule has 4 aromatic carbocycles. The van der Waals surface area contributed by atoms with E-state index in [1.165, 1.54) is 23.3 Å². The first kappa shape index (κ1) is 38.3. The van der Waals surface area contributed by atoms with Crippen LogP contribution in [0.3, 0.4) is 0 Å². The lowest BCUT2D eigenvalue weighted by atomic mass is 9.97. The number of carbonyl (C=O) groups is 1. The number of anilines is 1. The molecule has 0 aliphatic carbocycles. The van der Waals surface area contributed by atoms with E-state index >= 15 is 0 Å². The molecule has 1 atom stereocenters. The number of aromatic nitrogens is 1. The number of aliphatic hydroxyl groups excluding tert-OH is 1. The number of aliphatic hydroxyl groups is 1. The number of H-pyrrole nitrogens is 1. The molecule has 0 radical (unpaired) electrons. The SMILES string of the molecule is COCCCN1CCC(OC(=O)Nc2ccccc2-c2ccccc2)CC1.Cc1ccc(CCCC[C@H](O)c2ccc(O)c3[nH]c(=O)ccc23)cc1. The van der Waals surface area contributed by atoms with E-state index in [9.17, 15) is 19.8 Å². The average molecular weight is 706 g/mol. The maximum absolute atomic E-state index is 12.4. The number of benzene rings is 4. The summed E-state index contributed by atoms with van der Waals surface area (Å²) >= 11 is 0. The topological polar surface area (TPSA) is 124 Å². The van der Waals surface area contributed by atoms with Crippen LogP contribution in [-0.2, 0) is 15.9 Å². The summed E-state index contributed by atoms with van der Waals surface area (Å²) in [5.74, 6) is 0.0167. The van der Waals surface area contributed by atoms with E-state index in [1.807, 2.05) is 54.6 Å². The van der Waals surface area contributed by atoms with Crippen LogP contribution in [-0.4, -0.2) is 65.6 Å². The second-order valence-corrected chi connectivity index (χ2v) is 13.4. The van der Waals surface area contributed by atoms with Crippen LogP contribution < -0.4 is 10.9 Å². The Morgan fingerprint density at radius 2 is 1.63 bits per heavy atom. The molecule has 0 bridgehead atoms. The number of aromatic hydroxyl groups is 1. The molecule has 1 amide bonds. The summed E-state index contributed by atoms with van der Waals surface area (Å²) in [5, 5.41) is 24.1. The molecule has 52 heavy (non-hydrogen) atoms. The van der Waals surface area contributed by atoms with Crippen LogP contribution in [0.25, 0.3) is 22.0 Å². The minimum absolute atomic E-state index is 0.0167. The van der Waals surface area contributed by atoms with Crippen LogP contribution >= 0.6 is 0 Å². The van der Waals surface area contributed by atoms with Crippen molar-refractivity contribution in [2.24, 2.45) is 0 Å². The Bertz CT molecular complexity index is 1900. The first-order valence-electron chi connectivity index (χ1n) is 18.2. The molecule has 1 saturated heterocycles. The van der Waals surface area contributed by atoms with E-state index in [2.05, 4.69) is 46.4 Å². The van der Waals surface area contributed by atoms with Gasteiger partial charge in [0, 0.05) is 50.4 Å². The zero-order valence-corrected chi connectivity index (χ0v) is 30.2. The molecule has 1 aromatic heterocycles. The third-order valence-electron chi connectivity index (χ3n) is 9.46. The Kier molecular flexibility index (Phi) is 14.4. The molecule has 9 nitrogen and oxygen atoms in total. The summed E-state index contributed by atoms with van der Waals surface area (Å²) in [7, 11) is 1.73. The van der Waals surface area contributed by atoms with E-state index < -0.39 is 6.10 Å². The number of phenolic OH excluding ortho intramolecular Hbond substituents is 1. The van der Waals surface area contributed by atoms with Gasteiger partial charge in [0.2, 0.25) is 5.56 Å². The number of hydrogen-bond acceptors (Lipinski definition) is 7. The van der Waals surface area contributed by atoms with Crippen LogP contribution in [0, 0.1) is 6.92 Å². The highest BCUT2D eigenvalue weighted by molar-refractivity contribution is 5.91. The molecule has 5 aromatic rings. The van der Waals surface area contributed by atoms with Crippen molar-refractivity contribution in [3.8, 4) is 16.9 Å². The highest BCUT2D eigenvalue weighted by Crippen LogP contribution is 2.31. The first-order chi connectivity index (χ1) is 25.3. The molecule has 0 spiro atoms. The van der Waals surface area contributed by atoms with Gasteiger partial charge in [0.25, 0.3) is 0 Å². The maximum Gasteiger partial charge on any atom is 0.411 e. The average Bonchev–Trinajstić information content (AvgIpc) is 3.16. The fraction of sp³-hybridized carbons (Fsp3) is 0.349. The number of aromatic amines is 1. The van der Waals surface area contributed by atoms with Gasteiger partial charge in [-0.05, 0) is 80.3 Å². The summed E-state index contributed by atoms with van der Waals surface area (Å²) in [5.41, 5.74) is 6.24. The molecular formula is C43H51N3O6. The van der Waals surface area contributed by atoms with Gasteiger partial charge in [0.15, 0.2) is 0 Å². The molecule has 4 N–H and O–H groups in total. The van der Waals surface area contributed by atoms with Gasteiger partial charge in [-0.3, -0.25) is 10.1 Å². The van der Waals surface area contributed by atoms with Gasteiger partial charge in [0.1, 0.15) is 11.9 Å². The van der Waals surface area contributed by atoms with E-state index in [-0.39, 0.29) is 23.5 Å². The number of nitrogens with one attached hydrogen (secondary N) is 2. The van der Waals surface area contributed by atoms with Crippen molar-refractivity contribution in [3.05, 3.63) is 130 Å². The molecular weight excluding hydrogens is 654 g/mol. The number of rotatable bonds is 13. The predicted octanol–water partition coefficient (Wildman–Crippen LogP) is 8.39. The normalized spacial score (nSPS) is 14.0. The molecule has 1 fully saturated rings. The van der Waals surface area contributed by atoms with Gasteiger partial charge in [-0.1, -0.05) is 90.8 Å². The number of aryl methyl sites for hydroxylation is 2. The van der Waals surface area contributed by atoms with Crippen LogP contribution in [0.5, 0.6) is 5.75 Å². The number of para-hydroxylation sites is 1. The van der Waals surface area contributed by atoms with Gasteiger partial charge >= 0.3 is 6.09 Å². The van der Waals surface area contributed by atoms with Crippen molar-refractivity contribution >= 4 is 22.7 Å². The summed E-state index contributed by atoms with van der Waals surface area (Å²) in [6, 6.07) is 32.7. The number of phenols is 1. The summed E-state index contributed by atoms with van der Waals surface area (Å²) < 4.78 is 10.8. The van der Waals surface area contributed by atoms with Gasteiger partial charge < -0.3 is 29.6 Å². The van der Waals surface area contributed by atoms with Gasteiger partial charge in [-0.2, -0.15) is 0 Å². The molecule has 1 aliphatic heterocycles. The lowest BCUT2D eigenvalue weighted by Crippen LogP contribution is -2.39. The smallest absolute Gasteiger partial charge is 0.411 e. The van der Waals surface area contributed by atoms with Gasteiger partial charge in [-0.25, -0.2) is 4.79 Å². The Hall–Kier alpha value is -4.96. The number of methoxy groups -OCH3 is 1. The van der Waals surface area contributed by atoms with E-state index in [1.54, 1.807) is 19.2 Å². The molecule has 0 saturated carbocycles. The first-order valence-corrected chi connectivity index (χ1v) is 18.2. The number of nitrogens with zero attached hydrogens (tertiary/aromatic N) is 1. The third-order valence-corrected chi connectivity index (χ3v) is 9.46. The molecule has 1 aliphatic rings. The number of piperidine rings is 1. The van der Waals surface area contributed by atoms with Crippen molar-refractivity contribution < 1.29 is 24.5 Å². The van der Waals surface area contributed by atoms with Gasteiger partial charge in [-0.15, -0.1) is 0 Å². The number of hydrogen-bond donors (Lipinski definition) is 4. The van der Waals surface area contributed by atoms with Crippen molar-refractivity contribution in [1.82, 2.24) is 9.88 Å². The monoisotopic (exact) mass is 705 g/mol. The lowest BCUT2D eigenvalue weighted by Gasteiger charge is -2.31. The molecule has 0 unspecified atom stereocenters. The van der Waals surface area contributed by atoms with Crippen LogP contribution in [0.2, 0.25) is 0 Å². The second kappa shape index (κ2) is 19.6. The number of ether oxygens (including phenoxy) is 2. The van der Waals surface area contributed by atoms with Crippen molar-refractivity contribution in [1.29, 1.82) is 0 Å². The van der Waals surface area contributed by atoms with E-state index in [0.717, 1.165) is 87.1 Å². The molecule has 2 heterocycles. The molecule has 274 valence electrons. The van der Waals surface area contributed by atoms with E-state index in [0.29, 0.717) is 17.3 Å². The van der Waals surface area contributed by atoms with E-state index in [4.69, 9.17) is 9.47 Å². The predicted molar refractivity (Wildman–Crippen MR) is 208 cm³/mol. The highest BCUT2D eigenvalue weighted by atomic mass is 16.6. The highest BCUT2D eigenvalue weighted by Gasteiger charge is 2.22. The molecule has 9 heteroatoms. The largest absolute Gasteiger partial charge is 0.506 e. The number of pyridine rings is 1. The quantitative estimate of drug-likeness (QED) is 0.0908.